The van der Waals surface area contributed by atoms with Gasteiger partial charge in [0.2, 0.25) is 10.0 Å². The molecule has 134 valence electrons. The number of hydrogen-bond donors (Lipinski definition) is 2. The summed E-state index contributed by atoms with van der Waals surface area (Å²) >= 11 is 6.08. The van der Waals surface area contributed by atoms with E-state index < -0.39 is 10.0 Å². The van der Waals surface area contributed by atoms with Gasteiger partial charge in [-0.15, -0.1) is 0 Å². The number of anilines is 1. The number of nitrogens with one attached hydrogen (secondary N) is 2. The molecule has 0 bridgehead atoms. The Morgan fingerprint density at radius 2 is 1.84 bits per heavy atom. The van der Waals surface area contributed by atoms with E-state index in [1.165, 1.54) is 23.8 Å². The smallest absolute Gasteiger partial charge is 0.253 e. The third kappa shape index (κ3) is 6.40. The van der Waals surface area contributed by atoms with Crippen LogP contribution in [0.25, 0.3) is 0 Å². The van der Waals surface area contributed by atoms with Gasteiger partial charge in [-0.1, -0.05) is 41.9 Å². The second-order valence-electron chi connectivity index (χ2n) is 5.97. The molecule has 2 aromatic rings. The van der Waals surface area contributed by atoms with E-state index >= 15 is 0 Å². The Morgan fingerprint density at radius 3 is 2.48 bits per heavy atom. The van der Waals surface area contributed by atoms with Crippen molar-refractivity contribution in [2.45, 2.75) is 25.8 Å². The van der Waals surface area contributed by atoms with E-state index in [9.17, 15) is 13.2 Å². The summed E-state index contributed by atoms with van der Waals surface area (Å²) in [6.45, 7) is 1.92. The zero-order chi connectivity index (χ0) is 18.4. The molecule has 0 spiro atoms. The van der Waals surface area contributed by atoms with Gasteiger partial charge in [0.25, 0.3) is 5.91 Å². The van der Waals surface area contributed by atoms with E-state index in [0.29, 0.717) is 5.69 Å². The van der Waals surface area contributed by atoms with Gasteiger partial charge in [0.1, 0.15) is 0 Å². The first-order chi connectivity index (χ1) is 11.7. The Balaban J connectivity index is 2.00. The Labute approximate surface area is 153 Å². The zero-order valence-corrected chi connectivity index (χ0v) is 15.7. The van der Waals surface area contributed by atoms with E-state index in [4.69, 9.17) is 11.6 Å². The van der Waals surface area contributed by atoms with Gasteiger partial charge in [-0.05, 0) is 43.5 Å². The maximum absolute atomic E-state index is 12.4. The van der Waals surface area contributed by atoms with E-state index in [-0.39, 0.29) is 22.5 Å². The molecule has 0 aliphatic rings. The van der Waals surface area contributed by atoms with E-state index in [1.54, 1.807) is 0 Å². The summed E-state index contributed by atoms with van der Waals surface area (Å²) < 4.78 is 25.0. The van der Waals surface area contributed by atoms with Crippen LogP contribution in [-0.2, 0) is 16.4 Å². The summed E-state index contributed by atoms with van der Waals surface area (Å²) in [4.78, 5) is 12.4. The van der Waals surface area contributed by atoms with Crippen LogP contribution in [-0.4, -0.2) is 26.6 Å². The van der Waals surface area contributed by atoms with Gasteiger partial charge in [0, 0.05) is 11.7 Å². The highest BCUT2D eigenvalue weighted by molar-refractivity contribution is 7.92. The Hall–Kier alpha value is -2.05. The predicted octanol–water partition coefficient (Wildman–Crippen LogP) is 3.46. The molecule has 1 unspecified atom stereocenters. The van der Waals surface area contributed by atoms with Crippen molar-refractivity contribution in [2.75, 3.05) is 11.0 Å². The topological polar surface area (TPSA) is 75.3 Å². The highest BCUT2D eigenvalue weighted by atomic mass is 35.5. The number of sulfonamides is 1. The largest absolute Gasteiger partial charge is 0.350 e. The minimum absolute atomic E-state index is 0.0460. The minimum atomic E-state index is -3.42. The van der Waals surface area contributed by atoms with Crippen LogP contribution in [0.15, 0.2) is 48.5 Å². The molecule has 5 nitrogen and oxygen atoms in total. The van der Waals surface area contributed by atoms with Crippen LogP contribution in [0.5, 0.6) is 0 Å². The van der Waals surface area contributed by atoms with E-state index in [0.717, 1.165) is 19.1 Å². The van der Waals surface area contributed by atoms with Crippen molar-refractivity contribution in [2.24, 2.45) is 0 Å². The lowest BCUT2D eigenvalue weighted by atomic mass is 10.1. The molecular weight excluding hydrogens is 360 g/mol. The quantitative estimate of drug-likeness (QED) is 0.772. The lowest BCUT2D eigenvalue weighted by Gasteiger charge is -2.15. The number of carbonyl (C=O) groups is 1. The average Bonchev–Trinajstić information content (AvgIpc) is 2.54. The number of amides is 1. The number of hydrogen-bond acceptors (Lipinski definition) is 3. The summed E-state index contributed by atoms with van der Waals surface area (Å²) in [7, 11) is -3.42. The van der Waals surface area contributed by atoms with Crippen LogP contribution in [0.1, 0.15) is 29.3 Å². The SMILES string of the molecule is CC(CCc1ccccc1)NC(=O)c1cc(NS(C)(=O)=O)ccc1Cl. The van der Waals surface area contributed by atoms with E-state index in [1.807, 2.05) is 37.3 Å². The minimum Gasteiger partial charge on any atom is -0.350 e. The van der Waals surface area contributed by atoms with Gasteiger partial charge in [-0.2, -0.15) is 0 Å². The van der Waals surface area contributed by atoms with Crippen molar-refractivity contribution in [3.05, 3.63) is 64.7 Å². The van der Waals surface area contributed by atoms with Crippen LogP contribution >= 0.6 is 11.6 Å². The summed E-state index contributed by atoms with van der Waals surface area (Å²) in [6, 6.07) is 14.4. The highest BCUT2D eigenvalue weighted by Gasteiger charge is 2.15. The summed E-state index contributed by atoms with van der Waals surface area (Å²) in [5.41, 5.74) is 1.75. The summed E-state index contributed by atoms with van der Waals surface area (Å²) in [6.07, 6.45) is 2.69. The monoisotopic (exact) mass is 380 g/mol. The highest BCUT2D eigenvalue weighted by Crippen LogP contribution is 2.21. The molecule has 0 heterocycles. The van der Waals surface area contributed by atoms with Crippen LogP contribution in [0.4, 0.5) is 5.69 Å². The van der Waals surface area contributed by atoms with Crippen LogP contribution < -0.4 is 10.0 Å². The molecule has 2 rings (SSSR count). The summed E-state index contributed by atoms with van der Waals surface area (Å²) in [5.74, 6) is -0.331. The molecule has 25 heavy (non-hydrogen) atoms. The Kier molecular flexibility index (Phi) is 6.45. The second kappa shape index (κ2) is 8.36. The van der Waals surface area contributed by atoms with Gasteiger partial charge < -0.3 is 5.32 Å². The van der Waals surface area contributed by atoms with Crippen molar-refractivity contribution in [3.63, 3.8) is 0 Å². The molecule has 7 heteroatoms. The molecule has 0 radical (unpaired) electrons. The number of aryl methyl sites for hydroxylation is 1. The maximum Gasteiger partial charge on any atom is 0.253 e. The standard InChI is InChI=1S/C18H21ClN2O3S/c1-13(8-9-14-6-4-3-5-7-14)20-18(22)16-12-15(10-11-17(16)19)21-25(2,23)24/h3-7,10-13,21H,8-9H2,1-2H3,(H,20,22). The third-order valence-electron chi connectivity index (χ3n) is 3.60. The first-order valence-electron chi connectivity index (χ1n) is 7.87. The second-order valence-corrected chi connectivity index (χ2v) is 8.12. The zero-order valence-electron chi connectivity index (χ0n) is 14.1. The lowest BCUT2D eigenvalue weighted by Crippen LogP contribution is -2.33. The third-order valence-corrected chi connectivity index (χ3v) is 4.54. The van der Waals surface area contributed by atoms with Gasteiger partial charge in [0.05, 0.1) is 16.8 Å². The molecule has 0 saturated carbocycles. The molecule has 0 fully saturated rings. The molecule has 0 aliphatic heterocycles. The van der Waals surface area contributed by atoms with Crippen molar-refractivity contribution >= 4 is 33.2 Å². The fraction of sp³-hybridized carbons (Fsp3) is 0.278. The van der Waals surface area contributed by atoms with Crippen molar-refractivity contribution in [1.82, 2.24) is 5.32 Å². The first-order valence-corrected chi connectivity index (χ1v) is 10.1. The van der Waals surface area contributed by atoms with Crippen molar-refractivity contribution in [3.8, 4) is 0 Å². The fourth-order valence-electron chi connectivity index (χ4n) is 2.38. The van der Waals surface area contributed by atoms with Crippen molar-refractivity contribution < 1.29 is 13.2 Å². The lowest BCUT2D eigenvalue weighted by molar-refractivity contribution is 0.0938. The maximum atomic E-state index is 12.4. The normalized spacial score (nSPS) is 12.4. The van der Waals surface area contributed by atoms with Crippen LogP contribution in [0, 0.1) is 0 Å². The molecule has 2 N–H and O–H groups in total. The van der Waals surface area contributed by atoms with Gasteiger partial charge >= 0.3 is 0 Å². The van der Waals surface area contributed by atoms with Gasteiger partial charge in [0.15, 0.2) is 0 Å². The molecular formula is C18H21ClN2O3S. The summed E-state index contributed by atoms with van der Waals surface area (Å²) in [5, 5.41) is 3.17. The van der Waals surface area contributed by atoms with Crippen LogP contribution in [0.3, 0.4) is 0 Å². The number of carbonyl (C=O) groups excluding carboxylic acids is 1. The molecule has 0 aliphatic carbocycles. The Morgan fingerprint density at radius 1 is 1.16 bits per heavy atom. The first kappa shape index (κ1) is 19.3. The van der Waals surface area contributed by atoms with Gasteiger partial charge in [-0.3, -0.25) is 9.52 Å². The van der Waals surface area contributed by atoms with E-state index in [2.05, 4.69) is 10.0 Å². The molecule has 0 aromatic heterocycles. The predicted molar refractivity (Wildman–Crippen MR) is 102 cm³/mol. The Bertz CT molecular complexity index is 839. The number of benzene rings is 2. The van der Waals surface area contributed by atoms with Crippen molar-refractivity contribution in [1.29, 1.82) is 0 Å². The number of halogens is 1. The number of rotatable bonds is 7. The molecule has 1 atom stereocenters. The molecule has 2 aromatic carbocycles. The fourth-order valence-corrected chi connectivity index (χ4v) is 3.14. The molecule has 1 amide bonds. The average molecular weight is 381 g/mol. The van der Waals surface area contributed by atoms with Gasteiger partial charge in [-0.25, -0.2) is 8.42 Å². The molecule has 0 saturated heterocycles. The van der Waals surface area contributed by atoms with Crippen LogP contribution in [0.2, 0.25) is 5.02 Å².